The zero-order chi connectivity index (χ0) is 15.5. The number of rotatable bonds is 3. The van der Waals surface area contributed by atoms with Crippen molar-refractivity contribution in [1.82, 2.24) is 19.7 Å². The van der Waals surface area contributed by atoms with Gasteiger partial charge in [0.15, 0.2) is 0 Å². The lowest BCUT2D eigenvalue weighted by atomic mass is 10.3. The molecule has 0 unspecified atom stereocenters. The van der Waals surface area contributed by atoms with Crippen LogP contribution in [0.25, 0.3) is 5.69 Å². The first-order valence-corrected chi connectivity index (χ1v) is 7.33. The van der Waals surface area contributed by atoms with Gasteiger partial charge in [0.05, 0.1) is 17.6 Å². The fourth-order valence-electron chi connectivity index (χ4n) is 1.99. The minimum Gasteiger partial charge on any atom is -0.305 e. The van der Waals surface area contributed by atoms with Crippen LogP contribution < -0.4 is 5.32 Å². The Morgan fingerprint density at radius 3 is 2.86 bits per heavy atom. The summed E-state index contributed by atoms with van der Waals surface area (Å²) < 4.78 is 2.61. The Kier molecular flexibility index (Phi) is 3.97. The summed E-state index contributed by atoms with van der Waals surface area (Å²) in [5.41, 5.74) is 1.90. The van der Waals surface area contributed by atoms with E-state index in [4.69, 9.17) is 0 Å². The van der Waals surface area contributed by atoms with Gasteiger partial charge < -0.3 is 5.32 Å². The summed E-state index contributed by atoms with van der Waals surface area (Å²) in [4.78, 5) is 20.1. The molecule has 110 valence electrons. The highest BCUT2D eigenvalue weighted by molar-refractivity contribution is 9.10. The molecule has 1 aromatic carbocycles. The molecular formula is C15H12BrN5O. The summed E-state index contributed by atoms with van der Waals surface area (Å²) in [6.07, 6.45) is 4.42. The Hall–Kier alpha value is -2.54. The smallest absolute Gasteiger partial charge is 0.277 e. The first-order valence-electron chi connectivity index (χ1n) is 6.53. The molecule has 2 heterocycles. The fourth-order valence-corrected chi connectivity index (χ4v) is 2.38. The van der Waals surface area contributed by atoms with Crippen molar-refractivity contribution in [2.75, 3.05) is 5.32 Å². The molecule has 1 amide bonds. The minimum atomic E-state index is -0.329. The van der Waals surface area contributed by atoms with E-state index in [1.54, 1.807) is 10.7 Å². The Labute approximate surface area is 135 Å². The van der Waals surface area contributed by atoms with Crippen molar-refractivity contribution >= 4 is 27.7 Å². The monoisotopic (exact) mass is 357 g/mol. The number of aromatic nitrogens is 4. The molecule has 0 bridgehead atoms. The van der Waals surface area contributed by atoms with Gasteiger partial charge in [0.1, 0.15) is 11.5 Å². The van der Waals surface area contributed by atoms with Gasteiger partial charge in [-0.3, -0.25) is 9.78 Å². The van der Waals surface area contributed by atoms with Gasteiger partial charge in [-0.25, -0.2) is 9.67 Å². The van der Waals surface area contributed by atoms with Crippen LogP contribution in [0.2, 0.25) is 0 Å². The molecule has 0 aliphatic heterocycles. The molecule has 3 aromatic rings. The van der Waals surface area contributed by atoms with Crippen LogP contribution in [0.4, 0.5) is 5.82 Å². The number of carbonyl (C=O) groups excluding carboxylic acids is 1. The van der Waals surface area contributed by atoms with Crippen LogP contribution in [0.3, 0.4) is 0 Å². The number of aryl methyl sites for hydroxylation is 1. The van der Waals surface area contributed by atoms with Crippen LogP contribution in [-0.2, 0) is 0 Å². The average molecular weight is 358 g/mol. The molecule has 2 aromatic heterocycles. The molecule has 6 nitrogen and oxygen atoms in total. The number of anilines is 1. The summed E-state index contributed by atoms with van der Waals surface area (Å²) >= 11 is 3.43. The molecule has 0 atom stereocenters. The number of hydrogen-bond donors (Lipinski definition) is 1. The predicted octanol–water partition coefficient (Wildman–Crippen LogP) is 2.99. The highest BCUT2D eigenvalue weighted by Crippen LogP contribution is 2.20. The number of halogens is 1. The van der Waals surface area contributed by atoms with Gasteiger partial charge in [-0.05, 0) is 25.1 Å². The van der Waals surface area contributed by atoms with Crippen LogP contribution in [0, 0.1) is 6.92 Å². The molecule has 22 heavy (non-hydrogen) atoms. The molecule has 0 saturated carbocycles. The average Bonchev–Trinajstić information content (AvgIpc) is 2.89. The second kappa shape index (κ2) is 6.07. The number of amides is 1. The lowest BCUT2D eigenvalue weighted by Gasteiger charge is -2.08. The van der Waals surface area contributed by atoms with Gasteiger partial charge in [0.25, 0.3) is 5.91 Å². The van der Waals surface area contributed by atoms with Crippen LogP contribution in [0.5, 0.6) is 0 Å². The van der Waals surface area contributed by atoms with Crippen LogP contribution >= 0.6 is 15.9 Å². The molecule has 0 aliphatic carbocycles. The van der Waals surface area contributed by atoms with Crippen molar-refractivity contribution in [1.29, 1.82) is 0 Å². The van der Waals surface area contributed by atoms with E-state index in [1.807, 2.05) is 31.2 Å². The van der Waals surface area contributed by atoms with E-state index in [-0.39, 0.29) is 11.6 Å². The molecule has 0 radical (unpaired) electrons. The van der Waals surface area contributed by atoms with Gasteiger partial charge in [-0.2, -0.15) is 5.10 Å². The van der Waals surface area contributed by atoms with Crippen molar-refractivity contribution in [3.05, 3.63) is 64.8 Å². The van der Waals surface area contributed by atoms with Gasteiger partial charge in [-0.1, -0.05) is 22.0 Å². The summed E-state index contributed by atoms with van der Waals surface area (Å²) in [5, 5.41) is 7.22. The van der Waals surface area contributed by atoms with Gasteiger partial charge >= 0.3 is 0 Å². The number of benzene rings is 1. The standard InChI is InChI=1S/C15H12BrN5O/c1-10-7-14(19-15(22)13-9-17-5-6-18-13)21(20-10)12-4-2-3-11(16)8-12/h2-9H,1H3,(H,19,22). The number of hydrogen-bond acceptors (Lipinski definition) is 4. The van der Waals surface area contributed by atoms with Gasteiger partial charge in [-0.15, -0.1) is 0 Å². The number of carbonyl (C=O) groups is 1. The second-order valence-electron chi connectivity index (χ2n) is 4.61. The Morgan fingerprint density at radius 2 is 2.14 bits per heavy atom. The van der Waals surface area contributed by atoms with Crippen molar-refractivity contribution in [2.45, 2.75) is 6.92 Å². The van der Waals surface area contributed by atoms with Crippen LogP contribution in [0.1, 0.15) is 16.2 Å². The van der Waals surface area contributed by atoms with Crippen molar-refractivity contribution in [3.8, 4) is 5.69 Å². The molecule has 0 aliphatic rings. The molecule has 7 heteroatoms. The largest absolute Gasteiger partial charge is 0.305 e. The van der Waals surface area contributed by atoms with Crippen molar-refractivity contribution < 1.29 is 4.79 Å². The lowest BCUT2D eigenvalue weighted by Crippen LogP contribution is -2.16. The maximum atomic E-state index is 12.2. The van der Waals surface area contributed by atoms with E-state index in [1.165, 1.54) is 18.6 Å². The van der Waals surface area contributed by atoms with Crippen LogP contribution in [-0.4, -0.2) is 25.7 Å². The van der Waals surface area contributed by atoms with Crippen LogP contribution in [0.15, 0.2) is 53.4 Å². The second-order valence-corrected chi connectivity index (χ2v) is 5.52. The molecule has 1 N–H and O–H groups in total. The fraction of sp³-hybridized carbons (Fsp3) is 0.0667. The third kappa shape index (κ3) is 3.04. The quantitative estimate of drug-likeness (QED) is 0.781. The lowest BCUT2D eigenvalue weighted by molar-refractivity contribution is 0.102. The zero-order valence-electron chi connectivity index (χ0n) is 11.7. The molecular weight excluding hydrogens is 346 g/mol. The summed E-state index contributed by atoms with van der Waals surface area (Å²) in [6.45, 7) is 1.87. The molecule has 0 saturated heterocycles. The molecule has 0 fully saturated rings. The van der Waals surface area contributed by atoms with E-state index in [0.29, 0.717) is 5.82 Å². The van der Waals surface area contributed by atoms with E-state index in [9.17, 15) is 4.79 Å². The maximum Gasteiger partial charge on any atom is 0.277 e. The minimum absolute atomic E-state index is 0.252. The van der Waals surface area contributed by atoms with E-state index >= 15 is 0 Å². The summed E-state index contributed by atoms with van der Waals surface area (Å²) in [5.74, 6) is 0.246. The summed E-state index contributed by atoms with van der Waals surface area (Å²) in [6, 6.07) is 9.47. The first-order chi connectivity index (χ1) is 10.6. The Balaban J connectivity index is 1.94. The topological polar surface area (TPSA) is 72.7 Å². The molecule has 3 rings (SSSR count). The third-order valence-electron chi connectivity index (χ3n) is 2.92. The summed E-state index contributed by atoms with van der Waals surface area (Å²) in [7, 11) is 0. The van der Waals surface area contributed by atoms with Gasteiger partial charge in [0, 0.05) is 22.9 Å². The van der Waals surface area contributed by atoms with Crippen molar-refractivity contribution in [2.24, 2.45) is 0 Å². The van der Waals surface area contributed by atoms with E-state index < -0.39 is 0 Å². The molecule has 0 spiro atoms. The Morgan fingerprint density at radius 1 is 1.27 bits per heavy atom. The van der Waals surface area contributed by atoms with E-state index in [0.717, 1.165) is 15.9 Å². The number of nitrogens with zero attached hydrogens (tertiary/aromatic N) is 4. The maximum absolute atomic E-state index is 12.2. The SMILES string of the molecule is Cc1cc(NC(=O)c2cnccn2)n(-c2cccc(Br)c2)n1. The highest BCUT2D eigenvalue weighted by atomic mass is 79.9. The normalized spacial score (nSPS) is 10.5. The zero-order valence-corrected chi connectivity index (χ0v) is 13.3. The Bertz CT molecular complexity index is 816. The number of nitrogens with one attached hydrogen (secondary N) is 1. The highest BCUT2D eigenvalue weighted by Gasteiger charge is 2.13. The van der Waals surface area contributed by atoms with Crippen molar-refractivity contribution in [3.63, 3.8) is 0 Å². The van der Waals surface area contributed by atoms with Gasteiger partial charge in [0.2, 0.25) is 0 Å². The predicted molar refractivity (Wildman–Crippen MR) is 86.0 cm³/mol. The van der Waals surface area contributed by atoms with E-state index in [2.05, 4.69) is 36.3 Å². The first kappa shape index (κ1) is 14.4. The third-order valence-corrected chi connectivity index (χ3v) is 3.41.